The van der Waals surface area contributed by atoms with E-state index in [-0.39, 0.29) is 24.3 Å². The van der Waals surface area contributed by atoms with Crippen LogP contribution in [0.4, 0.5) is 0 Å². The highest BCUT2D eigenvalue weighted by atomic mass is 16.5. The Morgan fingerprint density at radius 1 is 0.850 bits per heavy atom. The summed E-state index contributed by atoms with van der Waals surface area (Å²) in [5, 5.41) is 9.27. The molecule has 4 heterocycles. The largest absolute Gasteiger partial charge is 0.396 e. The molecule has 216 valence electrons. The van der Waals surface area contributed by atoms with E-state index in [0.29, 0.717) is 45.6 Å². The lowest BCUT2D eigenvalue weighted by Gasteiger charge is -2.37. The Balaban J connectivity index is 1.51. The number of fused-ring (bicyclic) bond motifs is 2. The molecule has 0 aliphatic carbocycles. The van der Waals surface area contributed by atoms with Crippen LogP contribution in [0.25, 0.3) is 0 Å². The van der Waals surface area contributed by atoms with Gasteiger partial charge in [0.2, 0.25) is 17.7 Å². The third-order valence-corrected chi connectivity index (χ3v) is 9.03. The van der Waals surface area contributed by atoms with Gasteiger partial charge in [0.1, 0.15) is 11.6 Å². The molecule has 1 aromatic carbocycles. The van der Waals surface area contributed by atoms with Gasteiger partial charge in [-0.05, 0) is 38.2 Å². The molecule has 40 heavy (non-hydrogen) atoms. The monoisotopic (exact) mass is 549 g/mol. The van der Waals surface area contributed by atoms with Crippen molar-refractivity contribution < 1.29 is 24.2 Å². The van der Waals surface area contributed by atoms with Crippen LogP contribution in [0.3, 0.4) is 0 Å². The molecule has 0 saturated carbocycles. The molecule has 8 heteroatoms. The number of carbonyl (C=O) groups excluding carboxylic acids is 3. The number of rotatable bonds is 11. The fraction of sp³-hybridized carbons (Fsp3) is 0.594. The second-order valence-corrected chi connectivity index (χ2v) is 11.8. The number of hydrogen-bond donors (Lipinski definition) is 1. The van der Waals surface area contributed by atoms with E-state index in [1.54, 1.807) is 9.80 Å². The first-order valence-corrected chi connectivity index (χ1v) is 14.9. The maximum Gasteiger partial charge on any atom is 0.249 e. The van der Waals surface area contributed by atoms with E-state index in [1.165, 1.54) is 0 Å². The first-order valence-electron chi connectivity index (χ1n) is 14.9. The average Bonchev–Trinajstić information content (AvgIpc) is 3.22. The first-order chi connectivity index (χ1) is 19.4. The molecule has 8 nitrogen and oxygen atoms in total. The number of aliphatic hydroxyl groups excluding tert-OH is 1. The van der Waals surface area contributed by atoms with Crippen molar-refractivity contribution in [2.24, 2.45) is 11.8 Å². The second kappa shape index (κ2) is 11.9. The summed E-state index contributed by atoms with van der Waals surface area (Å²) < 4.78 is 6.90. The molecule has 1 aromatic rings. The summed E-state index contributed by atoms with van der Waals surface area (Å²) in [5.41, 5.74) is -1.19. The zero-order valence-corrected chi connectivity index (χ0v) is 23.8. The Bertz CT molecular complexity index is 1150. The first kappa shape index (κ1) is 28.6. The highest BCUT2D eigenvalue weighted by molar-refractivity contribution is 6.00. The van der Waals surface area contributed by atoms with Gasteiger partial charge in [0.15, 0.2) is 0 Å². The summed E-state index contributed by atoms with van der Waals surface area (Å²) in [6.45, 7) is 6.50. The van der Waals surface area contributed by atoms with Gasteiger partial charge in [0.05, 0.1) is 17.4 Å². The molecule has 4 aliphatic heterocycles. The number of nitrogens with zero attached hydrogens (tertiary/aromatic N) is 3. The van der Waals surface area contributed by atoms with Crippen LogP contribution in [-0.2, 0) is 25.7 Å². The minimum absolute atomic E-state index is 0.0957. The van der Waals surface area contributed by atoms with E-state index in [2.05, 4.69) is 6.92 Å². The van der Waals surface area contributed by atoms with Crippen LogP contribution < -0.4 is 0 Å². The second-order valence-electron chi connectivity index (χ2n) is 11.8. The highest BCUT2D eigenvalue weighted by Gasteiger charge is 2.74. The summed E-state index contributed by atoms with van der Waals surface area (Å²) in [6, 6.07) is 9.05. The van der Waals surface area contributed by atoms with Gasteiger partial charge in [-0.25, -0.2) is 0 Å². The van der Waals surface area contributed by atoms with Crippen molar-refractivity contribution in [3.8, 4) is 0 Å². The number of aliphatic hydroxyl groups is 1. The van der Waals surface area contributed by atoms with Gasteiger partial charge >= 0.3 is 0 Å². The van der Waals surface area contributed by atoms with Crippen LogP contribution in [0, 0.1) is 11.8 Å². The Morgan fingerprint density at radius 2 is 1.57 bits per heavy atom. The predicted molar refractivity (Wildman–Crippen MR) is 152 cm³/mol. The molecule has 0 radical (unpaired) electrons. The van der Waals surface area contributed by atoms with Crippen molar-refractivity contribution in [1.82, 2.24) is 14.7 Å². The van der Waals surface area contributed by atoms with Crippen LogP contribution in [0.5, 0.6) is 0 Å². The van der Waals surface area contributed by atoms with Gasteiger partial charge < -0.3 is 24.5 Å². The van der Waals surface area contributed by atoms with Crippen LogP contribution in [0.1, 0.15) is 57.9 Å². The zero-order valence-electron chi connectivity index (χ0n) is 23.8. The van der Waals surface area contributed by atoms with Crippen LogP contribution >= 0.6 is 0 Å². The van der Waals surface area contributed by atoms with Gasteiger partial charge in [-0.15, -0.1) is 0 Å². The molecule has 1 spiro atoms. The number of amides is 3. The summed E-state index contributed by atoms with van der Waals surface area (Å²) in [6.07, 6.45) is 12.8. The van der Waals surface area contributed by atoms with Gasteiger partial charge in [-0.3, -0.25) is 14.4 Å². The van der Waals surface area contributed by atoms with E-state index >= 15 is 0 Å². The Morgan fingerprint density at radius 3 is 2.33 bits per heavy atom. The van der Waals surface area contributed by atoms with E-state index in [4.69, 9.17) is 4.74 Å². The van der Waals surface area contributed by atoms with Gasteiger partial charge in [0, 0.05) is 39.3 Å². The summed E-state index contributed by atoms with van der Waals surface area (Å²) >= 11 is 0. The lowest BCUT2D eigenvalue weighted by molar-refractivity contribution is -0.153. The van der Waals surface area contributed by atoms with Crippen molar-refractivity contribution in [2.45, 2.75) is 76.2 Å². The Hall–Kier alpha value is -2.97. The normalized spacial score (nSPS) is 31.3. The Kier molecular flexibility index (Phi) is 8.47. The maximum atomic E-state index is 14.4. The molecule has 0 bridgehead atoms. The number of benzene rings is 1. The minimum Gasteiger partial charge on any atom is -0.396 e. The molecule has 0 aromatic heterocycles. The van der Waals surface area contributed by atoms with Crippen LogP contribution in [0.2, 0.25) is 0 Å². The van der Waals surface area contributed by atoms with Crippen molar-refractivity contribution in [3.63, 3.8) is 0 Å². The number of likely N-dealkylation sites (tertiary alicyclic amines) is 1. The summed E-state index contributed by atoms with van der Waals surface area (Å²) in [4.78, 5) is 48.2. The predicted octanol–water partition coefficient (Wildman–Crippen LogP) is 3.31. The topological polar surface area (TPSA) is 90.4 Å². The van der Waals surface area contributed by atoms with Crippen molar-refractivity contribution in [3.05, 3.63) is 60.2 Å². The molecule has 2 fully saturated rings. The molecular weight excluding hydrogens is 506 g/mol. The lowest BCUT2D eigenvalue weighted by Crippen LogP contribution is -2.56. The SMILES string of the molecule is CCCCCN1CC=C[C@]23O[C@]4(C)C=CCN(Cc5ccccc5)C(=O)[C@@H]4[C@H]2C(=O)N(CCCCCO)C3C1=O. The molecule has 4 aliphatic rings. The minimum atomic E-state index is -1.21. The highest BCUT2D eigenvalue weighted by Crippen LogP contribution is 2.57. The van der Waals surface area contributed by atoms with Crippen molar-refractivity contribution in [2.75, 3.05) is 32.8 Å². The molecule has 5 atom stereocenters. The summed E-state index contributed by atoms with van der Waals surface area (Å²) in [5.74, 6) is -1.92. The van der Waals surface area contributed by atoms with E-state index < -0.39 is 29.1 Å². The van der Waals surface area contributed by atoms with Gasteiger partial charge in [0.25, 0.3) is 0 Å². The molecule has 3 amide bonds. The number of ether oxygens (including phenoxy) is 1. The van der Waals surface area contributed by atoms with Crippen molar-refractivity contribution in [1.29, 1.82) is 0 Å². The third-order valence-electron chi connectivity index (χ3n) is 9.03. The Labute approximate surface area is 237 Å². The molecule has 5 rings (SSSR count). The molecule has 1 N–H and O–H groups in total. The third kappa shape index (κ3) is 5.00. The molecular formula is C32H43N3O5. The fourth-order valence-corrected chi connectivity index (χ4v) is 7.13. The smallest absolute Gasteiger partial charge is 0.249 e. The zero-order chi connectivity index (χ0) is 28.3. The maximum absolute atomic E-state index is 14.4. The van der Waals surface area contributed by atoms with Crippen molar-refractivity contribution >= 4 is 17.7 Å². The standard InChI is InChI=1S/C32H43N3O5/c1-3-4-9-18-33-19-13-17-32-26(29(38)35(27(32)30(33)39)21-10-6-11-22-36)25-28(37)34(20-12-16-31(25,2)40-32)23-24-14-7-5-8-15-24/h5,7-8,12-17,25-27,36H,3-4,6,9-11,18-23H2,1-2H3/t25-,26-,27?,31+,32-/m0/s1. The van der Waals surface area contributed by atoms with E-state index in [0.717, 1.165) is 31.2 Å². The number of unbranched alkanes of at least 4 members (excludes halogenated alkanes) is 4. The average molecular weight is 550 g/mol. The number of carbonyl (C=O) groups is 3. The van der Waals surface area contributed by atoms with Crippen LogP contribution in [0.15, 0.2) is 54.6 Å². The quantitative estimate of drug-likeness (QED) is 0.338. The number of hydrogen-bond acceptors (Lipinski definition) is 5. The molecule has 1 unspecified atom stereocenters. The molecule has 2 saturated heterocycles. The van der Waals surface area contributed by atoms with E-state index in [1.807, 2.05) is 66.5 Å². The van der Waals surface area contributed by atoms with Gasteiger partial charge in [-0.1, -0.05) is 74.4 Å². The summed E-state index contributed by atoms with van der Waals surface area (Å²) in [7, 11) is 0. The van der Waals surface area contributed by atoms with E-state index in [9.17, 15) is 19.5 Å². The fourth-order valence-electron chi connectivity index (χ4n) is 7.13. The lowest BCUT2D eigenvalue weighted by atomic mass is 9.74. The van der Waals surface area contributed by atoms with Gasteiger partial charge in [-0.2, -0.15) is 0 Å². The van der Waals surface area contributed by atoms with Crippen LogP contribution in [-0.4, -0.2) is 87.6 Å².